The van der Waals surface area contributed by atoms with Crippen LogP contribution in [0.1, 0.15) is 29.3 Å². The maximum Gasteiger partial charge on any atom is 0.202 e. The Morgan fingerprint density at radius 3 is 2.29 bits per heavy atom. The molecule has 108 valence electrons. The molecular formula is C18H18O3. The molecule has 2 aromatic carbocycles. The van der Waals surface area contributed by atoms with Gasteiger partial charge >= 0.3 is 0 Å². The van der Waals surface area contributed by atoms with Gasteiger partial charge in [0.25, 0.3) is 0 Å². The lowest BCUT2D eigenvalue weighted by Gasteiger charge is -2.27. The van der Waals surface area contributed by atoms with Gasteiger partial charge in [0.15, 0.2) is 5.78 Å². The SMILES string of the molecule is CC1COC(CC(=O)c2ccccc2)(c2ccccc2)O1. The zero-order valence-electron chi connectivity index (χ0n) is 12.0. The first-order valence-electron chi connectivity index (χ1n) is 7.15. The minimum Gasteiger partial charge on any atom is -0.343 e. The van der Waals surface area contributed by atoms with Crippen LogP contribution in [-0.4, -0.2) is 18.5 Å². The maximum atomic E-state index is 12.5. The number of Topliss-reactive ketones (excluding diaryl/α,β-unsaturated/α-hetero) is 1. The van der Waals surface area contributed by atoms with E-state index in [0.717, 1.165) is 5.56 Å². The van der Waals surface area contributed by atoms with Gasteiger partial charge in [0.05, 0.1) is 19.1 Å². The van der Waals surface area contributed by atoms with Crippen LogP contribution in [0.5, 0.6) is 0 Å². The maximum absolute atomic E-state index is 12.5. The molecule has 3 heteroatoms. The van der Waals surface area contributed by atoms with E-state index in [4.69, 9.17) is 9.47 Å². The van der Waals surface area contributed by atoms with Crippen LogP contribution in [0.15, 0.2) is 60.7 Å². The van der Waals surface area contributed by atoms with E-state index >= 15 is 0 Å². The summed E-state index contributed by atoms with van der Waals surface area (Å²) in [7, 11) is 0. The fourth-order valence-electron chi connectivity index (χ4n) is 2.62. The molecule has 1 fully saturated rings. The molecule has 0 saturated carbocycles. The Morgan fingerprint density at radius 1 is 1.10 bits per heavy atom. The third-order valence-electron chi connectivity index (χ3n) is 3.65. The lowest BCUT2D eigenvalue weighted by Crippen LogP contribution is -2.31. The van der Waals surface area contributed by atoms with Gasteiger partial charge in [-0.25, -0.2) is 0 Å². The summed E-state index contributed by atoms with van der Waals surface area (Å²) in [6.45, 7) is 2.45. The van der Waals surface area contributed by atoms with Gasteiger partial charge in [-0.05, 0) is 6.92 Å². The largest absolute Gasteiger partial charge is 0.343 e. The van der Waals surface area contributed by atoms with Gasteiger partial charge in [-0.15, -0.1) is 0 Å². The molecule has 0 radical (unpaired) electrons. The van der Waals surface area contributed by atoms with Crippen molar-refractivity contribution in [3.63, 3.8) is 0 Å². The molecule has 1 aliphatic heterocycles. The number of ether oxygens (including phenoxy) is 2. The number of hydrogen-bond acceptors (Lipinski definition) is 3. The fraction of sp³-hybridized carbons (Fsp3) is 0.278. The van der Waals surface area contributed by atoms with Gasteiger partial charge in [0, 0.05) is 11.1 Å². The molecule has 0 bridgehead atoms. The molecule has 3 nitrogen and oxygen atoms in total. The van der Waals surface area contributed by atoms with E-state index in [2.05, 4.69) is 0 Å². The summed E-state index contributed by atoms with van der Waals surface area (Å²) in [4.78, 5) is 12.5. The normalized spacial score (nSPS) is 24.9. The molecule has 0 aromatic heterocycles. The summed E-state index contributed by atoms with van der Waals surface area (Å²) < 4.78 is 11.9. The molecule has 3 rings (SSSR count). The molecule has 2 unspecified atom stereocenters. The Hall–Kier alpha value is -1.97. The van der Waals surface area contributed by atoms with E-state index in [1.54, 1.807) is 0 Å². The van der Waals surface area contributed by atoms with Crippen molar-refractivity contribution in [2.75, 3.05) is 6.61 Å². The summed E-state index contributed by atoms with van der Waals surface area (Å²) >= 11 is 0. The van der Waals surface area contributed by atoms with Gasteiger partial charge in [-0.3, -0.25) is 4.79 Å². The van der Waals surface area contributed by atoms with E-state index in [9.17, 15) is 4.79 Å². The highest BCUT2D eigenvalue weighted by Crippen LogP contribution is 2.38. The molecule has 2 atom stereocenters. The van der Waals surface area contributed by atoms with Crippen LogP contribution in [-0.2, 0) is 15.3 Å². The van der Waals surface area contributed by atoms with Crippen molar-refractivity contribution in [1.29, 1.82) is 0 Å². The third-order valence-corrected chi connectivity index (χ3v) is 3.65. The number of benzene rings is 2. The Morgan fingerprint density at radius 2 is 1.71 bits per heavy atom. The van der Waals surface area contributed by atoms with Crippen molar-refractivity contribution in [3.05, 3.63) is 71.8 Å². The fourth-order valence-corrected chi connectivity index (χ4v) is 2.62. The Balaban J connectivity index is 1.89. The molecule has 1 saturated heterocycles. The minimum absolute atomic E-state index is 0.0196. The first kappa shape index (κ1) is 14.0. The predicted molar refractivity (Wildman–Crippen MR) is 80.0 cm³/mol. The van der Waals surface area contributed by atoms with Crippen LogP contribution in [0, 0.1) is 0 Å². The van der Waals surface area contributed by atoms with Crippen LogP contribution in [0.2, 0.25) is 0 Å². The van der Waals surface area contributed by atoms with Crippen molar-refractivity contribution in [2.24, 2.45) is 0 Å². The molecule has 0 amide bonds. The average Bonchev–Trinajstić information content (AvgIpc) is 2.91. The number of carbonyl (C=O) groups excluding carboxylic acids is 1. The number of ketones is 1. The zero-order chi connectivity index (χ0) is 14.7. The minimum atomic E-state index is -0.965. The molecule has 1 heterocycles. The summed E-state index contributed by atoms with van der Waals surface area (Å²) in [5, 5.41) is 0. The van der Waals surface area contributed by atoms with Crippen LogP contribution in [0.25, 0.3) is 0 Å². The Kier molecular flexibility index (Phi) is 3.86. The summed E-state index contributed by atoms with van der Waals surface area (Å²) in [6.07, 6.45) is 0.166. The van der Waals surface area contributed by atoms with Crippen LogP contribution in [0.3, 0.4) is 0 Å². The molecule has 0 spiro atoms. The standard InChI is InChI=1S/C18H18O3/c1-14-13-20-18(21-14,16-10-6-3-7-11-16)12-17(19)15-8-4-2-5-9-15/h2-11,14H,12-13H2,1H3. The topological polar surface area (TPSA) is 35.5 Å². The number of carbonyl (C=O) groups is 1. The number of hydrogen-bond donors (Lipinski definition) is 0. The highest BCUT2D eigenvalue weighted by Gasteiger charge is 2.43. The quantitative estimate of drug-likeness (QED) is 0.804. The van der Waals surface area contributed by atoms with E-state index < -0.39 is 5.79 Å². The lowest BCUT2D eigenvalue weighted by atomic mass is 9.96. The van der Waals surface area contributed by atoms with E-state index in [0.29, 0.717) is 12.2 Å². The molecule has 0 N–H and O–H groups in total. The van der Waals surface area contributed by atoms with Crippen molar-refractivity contribution >= 4 is 5.78 Å². The van der Waals surface area contributed by atoms with Gasteiger partial charge in [0.1, 0.15) is 0 Å². The molecule has 1 aliphatic rings. The van der Waals surface area contributed by atoms with Crippen molar-refractivity contribution in [2.45, 2.75) is 25.2 Å². The van der Waals surface area contributed by atoms with E-state index in [1.807, 2.05) is 67.6 Å². The van der Waals surface area contributed by atoms with Crippen LogP contribution in [0.4, 0.5) is 0 Å². The van der Waals surface area contributed by atoms with Gasteiger partial charge in [-0.2, -0.15) is 0 Å². The second-order valence-corrected chi connectivity index (χ2v) is 5.32. The second kappa shape index (κ2) is 5.80. The smallest absolute Gasteiger partial charge is 0.202 e. The van der Waals surface area contributed by atoms with Crippen molar-refractivity contribution < 1.29 is 14.3 Å². The van der Waals surface area contributed by atoms with Crippen LogP contribution >= 0.6 is 0 Å². The molecule has 21 heavy (non-hydrogen) atoms. The molecule has 0 aliphatic carbocycles. The summed E-state index contributed by atoms with van der Waals surface area (Å²) in [6, 6.07) is 18.9. The molecular weight excluding hydrogens is 264 g/mol. The van der Waals surface area contributed by atoms with Gasteiger partial charge in [-0.1, -0.05) is 60.7 Å². The summed E-state index contributed by atoms with van der Waals surface area (Å²) in [5.41, 5.74) is 1.57. The van der Waals surface area contributed by atoms with Gasteiger partial charge < -0.3 is 9.47 Å². The highest BCUT2D eigenvalue weighted by molar-refractivity contribution is 5.96. The number of rotatable bonds is 4. The first-order valence-corrected chi connectivity index (χ1v) is 7.15. The van der Waals surface area contributed by atoms with Crippen LogP contribution < -0.4 is 0 Å². The Labute approximate surface area is 124 Å². The van der Waals surface area contributed by atoms with E-state index in [1.165, 1.54) is 0 Å². The van der Waals surface area contributed by atoms with Gasteiger partial charge in [0.2, 0.25) is 5.79 Å². The lowest BCUT2D eigenvalue weighted by molar-refractivity contribution is -0.172. The Bertz CT molecular complexity index is 609. The third kappa shape index (κ3) is 2.89. The first-order chi connectivity index (χ1) is 10.2. The van der Waals surface area contributed by atoms with Crippen molar-refractivity contribution in [3.8, 4) is 0 Å². The molecule has 2 aromatic rings. The highest BCUT2D eigenvalue weighted by atomic mass is 16.7. The predicted octanol–water partition coefficient (Wildman–Crippen LogP) is 3.55. The van der Waals surface area contributed by atoms with E-state index in [-0.39, 0.29) is 18.3 Å². The van der Waals surface area contributed by atoms with Crippen molar-refractivity contribution in [1.82, 2.24) is 0 Å². The average molecular weight is 282 g/mol. The monoisotopic (exact) mass is 282 g/mol. The zero-order valence-corrected chi connectivity index (χ0v) is 12.0. The second-order valence-electron chi connectivity index (χ2n) is 5.32. The summed E-state index contributed by atoms with van der Waals surface area (Å²) in [5.74, 6) is -0.943.